The summed E-state index contributed by atoms with van der Waals surface area (Å²) in [6, 6.07) is 7.37. The highest BCUT2D eigenvalue weighted by atomic mass is 32.2. The van der Waals surface area contributed by atoms with Gasteiger partial charge in [0, 0.05) is 17.1 Å². The number of fused-ring (bicyclic) bond motifs is 1. The van der Waals surface area contributed by atoms with Crippen molar-refractivity contribution in [3.8, 4) is 0 Å². The molecule has 1 aromatic heterocycles. The highest BCUT2D eigenvalue weighted by molar-refractivity contribution is 7.90. The van der Waals surface area contributed by atoms with Crippen molar-refractivity contribution < 1.29 is 17.6 Å². The number of carbonyl (C=O) groups excluding carboxylic acids is 1. The van der Waals surface area contributed by atoms with E-state index in [0.717, 1.165) is 15.6 Å². The van der Waals surface area contributed by atoms with Gasteiger partial charge in [-0.3, -0.25) is 4.79 Å². The van der Waals surface area contributed by atoms with Gasteiger partial charge in [-0.25, -0.2) is 16.8 Å². The van der Waals surface area contributed by atoms with E-state index >= 15 is 0 Å². The van der Waals surface area contributed by atoms with E-state index in [1.54, 1.807) is 26.0 Å². The largest absolute Gasteiger partial charge is 0.294 e. The number of Topliss-reactive ketones (excluding diaryl/α,β-unsaturated/α-hetero) is 1. The van der Waals surface area contributed by atoms with E-state index in [0.29, 0.717) is 16.5 Å². The van der Waals surface area contributed by atoms with E-state index < -0.39 is 15.8 Å². The molecule has 1 heterocycles. The van der Waals surface area contributed by atoms with Crippen molar-refractivity contribution in [2.45, 2.75) is 46.4 Å². The quantitative estimate of drug-likeness (QED) is 0.581. The highest BCUT2D eigenvalue weighted by Gasteiger charge is 2.26. The minimum Gasteiger partial charge on any atom is -0.294 e. The first-order valence-corrected chi connectivity index (χ1v) is 10.2. The maximum atomic E-state index is 13.7. The van der Waals surface area contributed by atoms with Crippen molar-refractivity contribution in [1.82, 2.24) is 3.97 Å². The molecule has 0 amide bonds. The van der Waals surface area contributed by atoms with Crippen molar-refractivity contribution >= 4 is 26.7 Å². The molecular weight excluding hydrogens is 365 g/mol. The smallest absolute Gasteiger partial charge is 0.268 e. The van der Waals surface area contributed by atoms with Gasteiger partial charge in [-0.1, -0.05) is 31.5 Å². The number of hydrogen-bond acceptors (Lipinski definition) is 3. The zero-order chi connectivity index (χ0) is 20.5. The lowest BCUT2D eigenvalue weighted by atomic mass is 10.1. The molecule has 0 radical (unpaired) electrons. The minimum absolute atomic E-state index is 0.157. The van der Waals surface area contributed by atoms with Gasteiger partial charge in [0.15, 0.2) is 5.78 Å². The average Bonchev–Trinajstić information content (AvgIpc) is 2.95. The molecule has 3 rings (SSSR count). The number of carbonyl (C=O) groups is 1. The molecule has 0 bridgehead atoms. The maximum absolute atomic E-state index is 13.7. The second-order valence-electron chi connectivity index (χ2n) is 6.29. The van der Waals surface area contributed by atoms with Crippen LogP contribution in [0.1, 0.15) is 47.8 Å². The van der Waals surface area contributed by atoms with Gasteiger partial charge in [-0.2, -0.15) is 0 Å². The summed E-state index contributed by atoms with van der Waals surface area (Å²) in [5, 5.41) is 0.417. The lowest BCUT2D eigenvalue weighted by Gasteiger charge is -2.14. The SMILES string of the molecule is CC.CC(=O)c1cn(S(=O)(=O)c2c(C)cc(C)cc2C)c2cc(F)ccc12. The Morgan fingerprint density at radius 2 is 1.56 bits per heavy atom. The Morgan fingerprint density at radius 1 is 1.00 bits per heavy atom. The summed E-state index contributed by atoms with van der Waals surface area (Å²) in [5.41, 5.74) is 2.59. The Morgan fingerprint density at radius 3 is 2.07 bits per heavy atom. The van der Waals surface area contributed by atoms with E-state index in [-0.39, 0.29) is 21.8 Å². The van der Waals surface area contributed by atoms with Crippen LogP contribution >= 0.6 is 0 Å². The normalized spacial score (nSPS) is 11.2. The van der Waals surface area contributed by atoms with Gasteiger partial charge in [-0.05, 0) is 57.0 Å². The second-order valence-corrected chi connectivity index (χ2v) is 8.04. The van der Waals surface area contributed by atoms with Crippen molar-refractivity contribution in [2.24, 2.45) is 0 Å². The average molecular weight is 389 g/mol. The number of aryl methyl sites for hydroxylation is 3. The summed E-state index contributed by atoms with van der Waals surface area (Å²) < 4.78 is 41.3. The molecular formula is C21H24FNO3S. The molecule has 0 unspecified atom stereocenters. The van der Waals surface area contributed by atoms with Crippen molar-refractivity contribution in [1.29, 1.82) is 0 Å². The van der Waals surface area contributed by atoms with Crippen LogP contribution in [0, 0.1) is 26.6 Å². The van der Waals surface area contributed by atoms with Crippen molar-refractivity contribution in [3.05, 3.63) is 64.6 Å². The lowest BCUT2D eigenvalue weighted by Crippen LogP contribution is -2.15. The van der Waals surface area contributed by atoms with Gasteiger partial charge in [-0.15, -0.1) is 0 Å². The molecule has 0 atom stereocenters. The molecule has 0 spiro atoms. The monoisotopic (exact) mass is 389 g/mol. The first-order valence-electron chi connectivity index (χ1n) is 8.78. The summed E-state index contributed by atoms with van der Waals surface area (Å²) in [6.45, 7) is 10.7. The molecule has 4 nitrogen and oxygen atoms in total. The molecule has 144 valence electrons. The standard InChI is InChI=1S/C19H18FNO3S.C2H6/c1-11-7-12(2)19(13(3)8-11)25(23,24)21-10-17(14(4)22)16-6-5-15(20)9-18(16)21;1-2/h5-10H,1-4H3;1-2H3. The Hall–Kier alpha value is -2.47. The predicted octanol–water partition coefficient (Wildman–Crippen LogP) is 5.17. The molecule has 27 heavy (non-hydrogen) atoms. The van der Waals surface area contributed by atoms with Crippen LogP contribution in [-0.4, -0.2) is 18.2 Å². The molecule has 3 aromatic rings. The predicted molar refractivity (Wildman–Crippen MR) is 106 cm³/mol. The van der Waals surface area contributed by atoms with Crippen LogP contribution in [0.3, 0.4) is 0 Å². The lowest BCUT2D eigenvalue weighted by molar-refractivity contribution is 0.101. The molecule has 0 aliphatic heterocycles. The van der Waals surface area contributed by atoms with Crippen LogP contribution in [0.15, 0.2) is 41.4 Å². The van der Waals surface area contributed by atoms with Crippen LogP contribution in [0.5, 0.6) is 0 Å². The number of halogens is 1. The van der Waals surface area contributed by atoms with Crippen LogP contribution in [0.4, 0.5) is 4.39 Å². The Balaban J connectivity index is 0.00000126. The van der Waals surface area contributed by atoms with Gasteiger partial charge in [0.25, 0.3) is 10.0 Å². The van der Waals surface area contributed by atoms with E-state index in [1.807, 2.05) is 20.8 Å². The fraction of sp³-hybridized carbons (Fsp3) is 0.286. The van der Waals surface area contributed by atoms with Crippen LogP contribution in [-0.2, 0) is 10.0 Å². The number of benzene rings is 2. The van der Waals surface area contributed by atoms with Crippen molar-refractivity contribution in [3.63, 3.8) is 0 Å². The molecule has 0 fully saturated rings. The first kappa shape index (κ1) is 20.8. The number of nitrogens with zero attached hydrogens (tertiary/aromatic N) is 1. The van der Waals surface area contributed by atoms with Gasteiger partial charge in [0.05, 0.1) is 10.4 Å². The Bertz CT molecular complexity index is 1100. The summed E-state index contributed by atoms with van der Waals surface area (Å²) in [6.07, 6.45) is 1.28. The van der Waals surface area contributed by atoms with Gasteiger partial charge < -0.3 is 0 Å². The fourth-order valence-electron chi connectivity index (χ4n) is 3.32. The number of ketones is 1. The molecule has 2 aromatic carbocycles. The molecule has 0 aliphatic carbocycles. The van der Waals surface area contributed by atoms with Crippen molar-refractivity contribution in [2.75, 3.05) is 0 Å². The van der Waals surface area contributed by atoms with Crippen LogP contribution < -0.4 is 0 Å². The van der Waals surface area contributed by atoms with Crippen LogP contribution in [0.25, 0.3) is 10.9 Å². The number of rotatable bonds is 3. The topological polar surface area (TPSA) is 56.1 Å². The van der Waals surface area contributed by atoms with Crippen LogP contribution in [0.2, 0.25) is 0 Å². The summed E-state index contributed by atoms with van der Waals surface area (Å²) >= 11 is 0. The third-order valence-corrected chi connectivity index (χ3v) is 6.21. The third-order valence-electron chi connectivity index (χ3n) is 4.23. The van der Waals surface area contributed by atoms with Gasteiger partial charge in [0.1, 0.15) is 5.82 Å². The Kier molecular flexibility index (Phi) is 5.90. The van der Waals surface area contributed by atoms with E-state index in [9.17, 15) is 17.6 Å². The van der Waals surface area contributed by atoms with Gasteiger partial charge in [0.2, 0.25) is 0 Å². The van der Waals surface area contributed by atoms with Gasteiger partial charge >= 0.3 is 0 Å². The number of hydrogen-bond donors (Lipinski definition) is 0. The number of aromatic nitrogens is 1. The molecule has 0 saturated heterocycles. The fourth-order valence-corrected chi connectivity index (χ4v) is 5.11. The van der Waals surface area contributed by atoms with E-state index in [2.05, 4.69) is 0 Å². The van der Waals surface area contributed by atoms with E-state index in [4.69, 9.17) is 0 Å². The minimum atomic E-state index is -3.98. The summed E-state index contributed by atoms with van der Waals surface area (Å²) in [5.74, 6) is -0.836. The summed E-state index contributed by atoms with van der Waals surface area (Å²) in [7, 11) is -3.98. The van der Waals surface area contributed by atoms with E-state index in [1.165, 1.54) is 25.3 Å². The summed E-state index contributed by atoms with van der Waals surface area (Å²) in [4.78, 5) is 12.1. The first-order chi connectivity index (χ1) is 12.6. The highest BCUT2D eigenvalue weighted by Crippen LogP contribution is 2.30. The molecule has 0 saturated carbocycles. The Labute approximate surface area is 159 Å². The molecule has 0 aliphatic rings. The zero-order valence-electron chi connectivity index (χ0n) is 16.4. The molecule has 0 N–H and O–H groups in total. The zero-order valence-corrected chi connectivity index (χ0v) is 17.2. The third kappa shape index (κ3) is 3.67. The second kappa shape index (κ2) is 7.64. The maximum Gasteiger partial charge on any atom is 0.268 e. The molecule has 6 heteroatoms.